The molecule has 7 nitrogen and oxygen atoms in total. The van der Waals surface area contributed by atoms with Crippen LogP contribution in [0, 0.1) is 17.8 Å². The molecule has 1 aromatic rings. The molecule has 0 radical (unpaired) electrons. The van der Waals surface area contributed by atoms with E-state index >= 15 is 0 Å². The summed E-state index contributed by atoms with van der Waals surface area (Å²) in [7, 11) is 5.17. The second-order valence-corrected chi connectivity index (χ2v) is 9.71. The Bertz CT molecular complexity index is 734. The number of carbonyl (C=O) groups is 2. The molecule has 0 spiro atoms. The van der Waals surface area contributed by atoms with Crippen LogP contribution in [-0.4, -0.2) is 64.1 Å². The number of hydrogen-bond donors (Lipinski definition) is 3. The molecule has 0 aromatic heterocycles. The van der Waals surface area contributed by atoms with Gasteiger partial charge < -0.3 is 25.4 Å². The lowest BCUT2D eigenvalue weighted by Crippen LogP contribution is -2.30. The van der Waals surface area contributed by atoms with Gasteiger partial charge in [0.2, 0.25) is 5.91 Å². The van der Waals surface area contributed by atoms with Crippen molar-refractivity contribution in [1.29, 1.82) is 0 Å². The van der Waals surface area contributed by atoms with Crippen LogP contribution in [-0.2, 0) is 14.3 Å². The third-order valence-electron chi connectivity index (χ3n) is 3.87. The summed E-state index contributed by atoms with van der Waals surface area (Å²) in [5, 5.41) is 8.56. The van der Waals surface area contributed by atoms with E-state index in [9.17, 15) is 9.59 Å². The summed E-state index contributed by atoms with van der Waals surface area (Å²) in [6, 6.07) is 7.43. The lowest BCUT2D eigenvalue weighted by molar-refractivity contribution is -0.126. The SMILES string of the molecule is CC.CCSSC(OCCOCC(=O)NCC#CC(C)C)c1ccc(C(=O)NCCNC)cc1. The van der Waals surface area contributed by atoms with Crippen molar-refractivity contribution in [1.82, 2.24) is 16.0 Å². The smallest absolute Gasteiger partial charge is 0.251 e. The van der Waals surface area contributed by atoms with Gasteiger partial charge in [-0.3, -0.25) is 9.59 Å². The van der Waals surface area contributed by atoms with Gasteiger partial charge in [0.25, 0.3) is 5.91 Å². The van der Waals surface area contributed by atoms with E-state index < -0.39 is 0 Å². The lowest BCUT2D eigenvalue weighted by Gasteiger charge is -2.17. The molecule has 1 aromatic carbocycles. The fourth-order valence-electron chi connectivity index (χ4n) is 2.33. The maximum Gasteiger partial charge on any atom is 0.251 e. The first-order valence-corrected chi connectivity index (χ1v) is 14.1. The van der Waals surface area contributed by atoms with Crippen molar-refractivity contribution >= 4 is 33.4 Å². The van der Waals surface area contributed by atoms with Crippen LogP contribution in [0.1, 0.15) is 56.0 Å². The van der Waals surface area contributed by atoms with Gasteiger partial charge in [0.05, 0.1) is 19.8 Å². The number of benzene rings is 1. The molecule has 9 heteroatoms. The topological polar surface area (TPSA) is 88.7 Å². The molecule has 34 heavy (non-hydrogen) atoms. The molecule has 0 saturated carbocycles. The highest BCUT2D eigenvalue weighted by atomic mass is 33.1. The Balaban J connectivity index is 0.00000529. The normalized spacial score (nSPS) is 11.0. The summed E-state index contributed by atoms with van der Waals surface area (Å²) in [6.45, 7) is 12.4. The van der Waals surface area contributed by atoms with E-state index in [0.717, 1.165) is 17.9 Å². The maximum absolute atomic E-state index is 12.1. The molecule has 1 atom stereocenters. The molecule has 192 valence electrons. The molecular weight excluding hydrogens is 470 g/mol. The van der Waals surface area contributed by atoms with Crippen LogP contribution in [0.4, 0.5) is 0 Å². The summed E-state index contributed by atoms with van der Waals surface area (Å²) in [5.41, 5.74) is 1.40. The standard InChI is InChI=1S/C23H35N3O4S2.C2H6/c1-5-31-32-23(20-10-8-19(9-11-20)22(28)26-14-13-24-4)30-16-15-29-17-21(27)25-12-6-7-18(2)3;1-2/h8-11,18,23-24H,5,12-17H2,1-4H3,(H,25,27)(H,26,28);1-2H3. The minimum absolute atomic E-state index is 0.0222. The first-order valence-electron chi connectivity index (χ1n) is 11.7. The highest BCUT2D eigenvalue weighted by Gasteiger charge is 2.14. The highest BCUT2D eigenvalue weighted by molar-refractivity contribution is 8.76. The van der Waals surface area contributed by atoms with Crippen molar-refractivity contribution in [2.45, 2.75) is 40.1 Å². The molecule has 0 fully saturated rings. The highest BCUT2D eigenvalue weighted by Crippen LogP contribution is 2.38. The van der Waals surface area contributed by atoms with Gasteiger partial charge in [-0.05, 0) is 24.7 Å². The van der Waals surface area contributed by atoms with E-state index in [-0.39, 0.29) is 29.8 Å². The van der Waals surface area contributed by atoms with Gasteiger partial charge in [0, 0.05) is 30.3 Å². The number of nitrogens with one attached hydrogen (secondary N) is 3. The minimum Gasteiger partial charge on any atom is -0.369 e. The van der Waals surface area contributed by atoms with Gasteiger partial charge in [-0.1, -0.05) is 80.2 Å². The molecule has 0 aliphatic heterocycles. The largest absolute Gasteiger partial charge is 0.369 e. The van der Waals surface area contributed by atoms with E-state index in [4.69, 9.17) is 9.47 Å². The van der Waals surface area contributed by atoms with E-state index in [1.165, 1.54) is 0 Å². The Kier molecular flexibility index (Phi) is 20.7. The number of likely N-dealkylation sites (N-methyl/N-ethyl adjacent to an activating group) is 1. The van der Waals surface area contributed by atoms with Crippen LogP contribution in [0.15, 0.2) is 24.3 Å². The molecule has 0 aliphatic rings. The second kappa shape index (κ2) is 21.8. The molecule has 1 unspecified atom stereocenters. The van der Waals surface area contributed by atoms with Gasteiger partial charge in [0.15, 0.2) is 0 Å². The zero-order valence-electron chi connectivity index (χ0n) is 21.4. The zero-order chi connectivity index (χ0) is 25.6. The van der Waals surface area contributed by atoms with E-state index in [0.29, 0.717) is 31.9 Å². The predicted octanol–water partition coefficient (Wildman–Crippen LogP) is 3.87. The minimum atomic E-state index is -0.195. The molecule has 0 heterocycles. The van der Waals surface area contributed by atoms with Crippen LogP contribution < -0.4 is 16.0 Å². The van der Waals surface area contributed by atoms with Crippen molar-refractivity contribution < 1.29 is 19.1 Å². The number of hydrogen-bond acceptors (Lipinski definition) is 7. The number of rotatable bonds is 15. The second-order valence-electron chi connectivity index (χ2n) is 6.99. The Morgan fingerprint density at radius 1 is 1.06 bits per heavy atom. The van der Waals surface area contributed by atoms with Crippen LogP contribution in [0.25, 0.3) is 0 Å². The monoisotopic (exact) mass is 511 g/mol. The van der Waals surface area contributed by atoms with Gasteiger partial charge >= 0.3 is 0 Å². The van der Waals surface area contributed by atoms with E-state index in [1.54, 1.807) is 33.7 Å². The summed E-state index contributed by atoms with van der Waals surface area (Å²) >= 11 is 0. The van der Waals surface area contributed by atoms with Crippen molar-refractivity contribution in [3.63, 3.8) is 0 Å². The molecule has 3 N–H and O–H groups in total. The third kappa shape index (κ3) is 16.0. The Labute approximate surface area is 213 Å². The quantitative estimate of drug-likeness (QED) is 0.143. The molecule has 0 bridgehead atoms. The van der Waals surface area contributed by atoms with Gasteiger partial charge in [-0.15, -0.1) is 0 Å². The van der Waals surface area contributed by atoms with Crippen molar-refractivity contribution in [3.05, 3.63) is 35.4 Å². The average molecular weight is 512 g/mol. The van der Waals surface area contributed by atoms with Gasteiger partial charge in [-0.2, -0.15) is 0 Å². The Morgan fingerprint density at radius 2 is 1.76 bits per heavy atom. The lowest BCUT2D eigenvalue weighted by atomic mass is 10.1. The number of amides is 2. The fourth-order valence-corrected chi connectivity index (χ4v) is 4.29. The van der Waals surface area contributed by atoms with Crippen molar-refractivity contribution in [2.75, 3.05) is 52.3 Å². The Morgan fingerprint density at radius 3 is 2.38 bits per heavy atom. The van der Waals surface area contributed by atoms with Crippen LogP contribution in [0.5, 0.6) is 0 Å². The van der Waals surface area contributed by atoms with Gasteiger partial charge in [-0.25, -0.2) is 0 Å². The summed E-state index contributed by atoms with van der Waals surface area (Å²) in [5.74, 6) is 6.83. The molecule has 1 rings (SSSR count). The molecule has 0 aliphatic carbocycles. The molecule has 2 amide bonds. The van der Waals surface area contributed by atoms with Gasteiger partial charge in [0.1, 0.15) is 12.0 Å². The van der Waals surface area contributed by atoms with Crippen LogP contribution in [0.3, 0.4) is 0 Å². The molecular formula is C25H41N3O4S2. The average Bonchev–Trinajstić information content (AvgIpc) is 2.85. The van der Waals surface area contributed by atoms with E-state index in [1.807, 2.05) is 46.9 Å². The third-order valence-corrected chi connectivity index (χ3v) is 6.47. The molecule has 0 saturated heterocycles. The number of ether oxygens (including phenoxy) is 2. The summed E-state index contributed by atoms with van der Waals surface area (Å²) in [4.78, 5) is 23.9. The first-order chi connectivity index (χ1) is 16.5. The predicted molar refractivity (Wildman–Crippen MR) is 145 cm³/mol. The summed E-state index contributed by atoms with van der Waals surface area (Å²) < 4.78 is 11.4. The van der Waals surface area contributed by atoms with Crippen molar-refractivity contribution in [2.24, 2.45) is 5.92 Å². The van der Waals surface area contributed by atoms with Crippen molar-refractivity contribution in [3.8, 4) is 11.8 Å². The van der Waals surface area contributed by atoms with Crippen LogP contribution in [0.2, 0.25) is 0 Å². The number of carbonyl (C=O) groups excluding carboxylic acids is 2. The first kappa shape index (κ1) is 32.3. The maximum atomic E-state index is 12.1. The van der Waals surface area contributed by atoms with Crippen LogP contribution >= 0.6 is 21.6 Å². The summed E-state index contributed by atoms with van der Waals surface area (Å²) in [6.07, 6.45) is 0. The zero-order valence-corrected chi connectivity index (χ0v) is 23.0. The fraction of sp³-hybridized carbons (Fsp3) is 0.600. The Hall–Kier alpha value is -1.70. The van der Waals surface area contributed by atoms with E-state index in [2.05, 4.69) is 34.7 Å².